The van der Waals surface area contributed by atoms with E-state index in [0.29, 0.717) is 11.5 Å². The lowest BCUT2D eigenvalue weighted by atomic mass is 10.2. The molecule has 14 heteroatoms. The SMILES string of the molecule is COC(=O)[C@@H]1C[C@@H](OS(C)(=O)=O)CN1C(=O)OC(C)(C)C.COc1cc(C#Cc2c[nH]c3ncncc23)cc(OC)c1. The van der Waals surface area contributed by atoms with E-state index in [0.717, 1.165) is 33.3 Å². The minimum Gasteiger partial charge on any atom is -0.497 e. The number of carbonyl (C=O) groups excluding carboxylic acids is 2. The Morgan fingerprint density at radius 2 is 1.74 bits per heavy atom. The van der Waals surface area contributed by atoms with Gasteiger partial charge in [-0.05, 0) is 32.9 Å². The van der Waals surface area contributed by atoms with Gasteiger partial charge in [-0.3, -0.25) is 9.08 Å². The zero-order valence-electron chi connectivity index (χ0n) is 24.5. The standard InChI is InChI=1S/C16H13N3O2.C12H21NO7S/c1-20-13-5-11(6-14(7-13)21-2)3-4-12-8-18-16-15(12)9-17-10-19-16;1-12(2,3)19-11(15)13-7-8(20-21(5,16)17)6-9(13)10(14)18-4/h5-10H,1-2H3,(H,17,18,19);8-9H,6-7H2,1-5H3/t;8-,9+/m.1/s1. The zero-order valence-corrected chi connectivity index (χ0v) is 25.3. The fourth-order valence-corrected chi connectivity index (χ4v) is 4.61. The Morgan fingerprint density at radius 1 is 1.07 bits per heavy atom. The summed E-state index contributed by atoms with van der Waals surface area (Å²) in [5, 5.41) is 0.903. The van der Waals surface area contributed by atoms with E-state index in [1.807, 2.05) is 24.4 Å². The van der Waals surface area contributed by atoms with Gasteiger partial charge in [0.1, 0.15) is 35.1 Å². The number of methoxy groups -OCH3 is 3. The molecule has 13 nitrogen and oxygen atoms in total. The fourth-order valence-electron chi connectivity index (χ4n) is 3.98. The summed E-state index contributed by atoms with van der Waals surface area (Å²) in [6.45, 7) is 5.03. The van der Waals surface area contributed by atoms with Crippen molar-refractivity contribution in [1.82, 2.24) is 19.9 Å². The molecule has 42 heavy (non-hydrogen) atoms. The van der Waals surface area contributed by atoms with Crippen molar-refractivity contribution < 1.29 is 41.1 Å². The lowest BCUT2D eigenvalue weighted by molar-refractivity contribution is -0.145. The van der Waals surface area contributed by atoms with Crippen molar-refractivity contribution >= 4 is 33.2 Å². The van der Waals surface area contributed by atoms with Crippen molar-refractivity contribution in [2.24, 2.45) is 0 Å². The topological polar surface area (TPSA) is 159 Å². The van der Waals surface area contributed by atoms with Gasteiger partial charge < -0.3 is 23.9 Å². The van der Waals surface area contributed by atoms with Crippen LogP contribution in [0, 0.1) is 11.8 Å². The molecule has 0 bridgehead atoms. The molecule has 226 valence electrons. The minimum absolute atomic E-state index is 0.0407. The summed E-state index contributed by atoms with van der Waals surface area (Å²) in [5.41, 5.74) is 1.72. The number of fused-ring (bicyclic) bond motifs is 1. The van der Waals surface area contributed by atoms with E-state index in [2.05, 4.69) is 31.5 Å². The van der Waals surface area contributed by atoms with Crippen LogP contribution in [0.3, 0.4) is 0 Å². The maximum absolute atomic E-state index is 12.1. The second-order valence-electron chi connectivity index (χ2n) is 10.2. The molecule has 1 aliphatic heterocycles. The van der Waals surface area contributed by atoms with Crippen molar-refractivity contribution in [2.45, 2.75) is 44.9 Å². The molecule has 1 amide bonds. The van der Waals surface area contributed by atoms with E-state index in [4.69, 9.17) is 18.4 Å². The molecule has 0 aliphatic carbocycles. The number of H-pyrrole nitrogens is 1. The molecule has 3 heterocycles. The van der Waals surface area contributed by atoms with Crippen LogP contribution in [0.2, 0.25) is 0 Å². The van der Waals surface area contributed by atoms with Gasteiger partial charge in [0.15, 0.2) is 0 Å². The Morgan fingerprint density at radius 3 is 2.31 bits per heavy atom. The van der Waals surface area contributed by atoms with Crippen LogP contribution >= 0.6 is 0 Å². The van der Waals surface area contributed by atoms with Crippen LogP contribution in [-0.4, -0.2) is 92.2 Å². The molecule has 0 unspecified atom stereocenters. The molecule has 1 fully saturated rings. The van der Waals surface area contributed by atoms with E-state index in [1.54, 1.807) is 41.2 Å². The molecular weight excluding hydrogens is 568 g/mol. The summed E-state index contributed by atoms with van der Waals surface area (Å²) in [6, 6.07) is 4.61. The van der Waals surface area contributed by atoms with E-state index in [9.17, 15) is 18.0 Å². The van der Waals surface area contributed by atoms with Gasteiger partial charge in [0.25, 0.3) is 10.1 Å². The van der Waals surface area contributed by atoms with E-state index in [-0.39, 0.29) is 13.0 Å². The molecule has 1 N–H and O–H groups in total. The van der Waals surface area contributed by atoms with Gasteiger partial charge >= 0.3 is 12.1 Å². The summed E-state index contributed by atoms with van der Waals surface area (Å²) in [5.74, 6) is 7.00. The molecule has 1 aromatic carbocycles. The lowest BCUT2D eigenvalue weighted by Gasteiger charge is -2.27. The van der Waals surface area contributed by atoms with Crippen LogP contribution in [0.4, 0.5) is 4.79 Å². The lowest BCUT2D eigenvalue weighted by Crippen LogP contribution is -2.44. The first kappa shape index (κ1) is 32.2. The maximum atomic E-state index is 12.1. The van der Waals surface area contributed by atoms with E-state index < -0.39 is 39.9 Å². The molecule has 2 aromatic heterocycles. The molecule has 2 atom stereocenters. The Hall–Kier alpha value is -4.35. The molecule has 0 saturated carbocycles. The number of ether oxygens (including phenoxy) is 4. The number of aromatic amines is 1. The molecule has 1 saturated heterocycles. The number of amides is 1. The number of nitrogens with zero attached hydrogens (tertiary/aromatic N) is 3. The number of carbonyl (C=O) groups is 2. The van der Waals surface area contributed by atoms with Crippen LogP contribution < -0.4 is 9.47 Å². The number of benzene rings is 1. The van der Waals surface area contributed by atoms with Crippen LogP contribution in [0.1, 0.15) is 38.3 Å². The van der Waals surface area contributed by atoms with Gasteiger partial charge in [0.05, 0.1) is 51.2 Å². The van der Waals surface area contributed by atoms with E-state index >= 15 is 0 Å². The number of aromatic nitrogens is 3. The highest BCUT2D eigenvalue weighted by atomic mass is 32.2. The monoisotopic (exact) mass is 602 g/mol. The van der Waals surface area contributed by atoms with Crippen molar-refractivity contribution in [3.05, 3.63) is 48.0 Å². The maximum Gasteiger partial charge on any atom is 0.411 e. The average molecular weight is 603 g/mol. The summed E-state index contributed by atoms with van der Waals surface area (Å²) in [4.78, 5) is 36.2. The second-order valence-corrected chi connectivity index (χ2v) is 11.8. The first-order valence-corrected chi connectivity index (χ1v) is 14.5. The summed E-state index contributed by atoms with van der Waals surface area (Å²) in [6.07, 6.45) is 4.52. The van der Waals surface area contributed by atoms with E-state index in [1.165, 1.54) is 13.4 Å². The average Bonchev–Trinajstić information content (AvgIpc) is 3.54. The third kappa shape index (κ3) is 9.08. The van der Waals surface area contributed by atoms with Crippen molar-refractivity contribution in [3.63, 3.8) is 0 Å². The van der Waals surface area contributed by atoms with Gasteiger partial charge in [0.2, 0.25) is 0 Å². The highest BCUT2D eigenvalue weighted by Crippen LogP contribution is 2.25. The van der Waals surface area contributed by atoms with Crippen LogP contribution in [0.25, 0.3) is 11.0 Å². The Bertz CT molecular complexity index is 1560. The smallest absolute Gasteiger partial charge is 0.411 e. The molecule has 0 radical (unpaired) electrons. The fraction of sp³-hybridized carbons (Fsp3) is 0.429. The number of hydrogen-bond acceptors (Lipinski definition) is 11. The van der Waals surface area contributed by atoms with Gasteiger partial charge in [-0.2, -0.15) is 8.42 Å². The number of esters is 1. The number of nitrogens with one attached hydrogen (secondary N) is 1. The van der Waals surface area contributed by atoms with Crippen molar-refractivity contribution in [2.75, 3.05) is 34.1 Å². The Balaban J connectivity index is 0.000000230. The largest absolute Gasteiger partial charge is 0.497 e. The normalized spacial score (nSPS) is 16.5. The minimum atomic E-state index is -3.68. The predicted octanol–water partition coefficient (Wildman–Crippen LogP) is 2.89. The highest BCUT2D eigenvalue weighted by molar-refractivity contribution is 7.86. The van der Waals surface area contributed by atoms with Gasteiger partial charge in [-0.15, -0.1) is 0 Å². The van der Waals surface area contributed by atoms with Gasteiger partial charge in [-0.25, -0.2) is 19.6 Å². The molecule has 0 spiro atoms. The molecule has 3 aromatic rings. The van der Waals surface area contributed by atoms with Crippen LogP contribution in [0.5, 0.6) is 11.5 Å². The quantitative estimate of drug-likeness (QED) is 0.260. The Kier molecular flexibility index (Phi) is 10.4. The molecule has 1 aliphatic rings. The zero-order chi connectivity index (χ0) is 31.1. The predicted molar refractivity (Wildman–Crippen MR) is 152 cm³/mol. The van der Waals surface area contributed by atoms with Crippen molar-refractivity contribution in [3.8, 4) is 23.3 Å². The third-order valence-corrected chi connectivity index (χ3v) is 6.35. The van der Waals surface area contributed by atoms with Crippen molar-refractivity contribution in [1.29, 1.82) is 0 Å². The Labute approximate surface area is 244 Å². The summed E-state index contributed by atoms with van der Waals surface area (Å²) in [7, 11) is 0.744. The first-order valence-electron chi connectivity index (χ1n) is 12.7. The van der Waals surface area contributed by atoms with Crippen LogP contribution in [-0.2, 0) is 28.6 Å². The summed E-state index contributed by atoms with van der Waals surface area (Å²) < 4.78 is 47.5. The van der Waals surface area contributed by atoms with Gasteiger partial charge in [0, 0.05) is 30.4 Å². The van der Waals surface area contributed by atoms with Gasteiger partial charge in [-0.1, -0.05) is 11.8 Å². The number of hydrogen-bond donors (Lipinski definition) is 1. The second kappa shape index (κ2) is 13.5. The highest BCUT2D eigenvalue weighted by Gasteiger charge is 2.43. The summed E-state index contributed by atoms with van der Waals surface area (Å²) >= 11 is 0. The molecular formula is C28H34N4O9S. The number of rotatable bonds is 5. The first-order chi connectivity index (χ1) is 19.7. The number of likely N-dealkylation sites (tertiary alicyclic amines) is 1. The third-order valence-electron chi connectivity index (χ3n) is 5.72. The molecule has 4 rings (SSSR count). The van der Waals surface area contributed by atoms with Crippen LogP contribution in [0.15, 0.2) is 36.9 Å².